The highest BCUT2D eigenvalue weighted by molar-refractivity contribution is 5.71. The molecule has 0 aliphatic carbocycles. The zero-order valence-corrected chi connectivity index (χ0v) is 52.6. The van der Waals surface area contributed by atoms with E-state index in [1.54, 1.807) is 0 Å². The van der Waals surface area contributed by atoms with Gasteiger partial charge in [0.2, 0.25) is 0 Å². The second kappa shape index (κ2) is 67.6. The first-order valence-corrected chi connectivity index (χ1v) is 33.9. The summed E-state index contributed by atoms with van der Waals surface area (Å²) in [7, 11) is 0. The van der Waals surface area contributed by atoms with Crippen LogP contribution < -0.4 is 0 Å². The van der Waals surface area contributed by atoms with Crippen molar-refractivity contribution in [2.45, 2.75) is 329 Å². The first-order chi connectivity index (χ1) is 39.5. The van der Waals surface area contributed by atoms with Gasteiger partial charge in [-0.3, -0.25) is 14.4 Å². The standard InChI is InChI=1S/C74H126O6/c1-4-7-10-13-16-19-22-24-26-28-30-32-33-34-35-36-37-38-39-40-41-42-44-45-47-49-52-55-58-61-64-67-73(76)79-70-71(69-78-72(75)66-63-60-57-54-51-21-18-15-12-9-6-3)80-74(77)68-65-62-59-56-53-50-48-46-43-31-29-27-25-23-20-17-14-11-8-5-2/h7,10,15-16,18-19,24,26,30,32,34-35,37-38,40-41,44-45,71H,4-6,8-9,11-14,17,20-23,25,27-29,31,33,36,39,42-43,46-70H2,1-3H3/b10-7-,18-15-,19-16-,26-24-,32-30-,35-34-,38-37-,41-40-,45-44-. The van der Waals surface area contributed by atoms with Crippen LogP contribution >= 0.6 is 0 Å². The SMILES string of the molecule is CC/C=C\C/C=C\C/C=C\C/C=C\C/C=C\C/C=C\C/C=C\C/C=C\CCCCCCCCC(=O)OCC(COC(=O)CCCCCCC/C=C\CCCC)OC(=O)CCCCCCCCCCCCCCCCCCCCCC. The molecular formula is C74H126O6. The molecule has 0 bridgehead atoms. The molecule has 6 nitrogen and oxygen atoms in total. The smallest absolute Gasteiger partial charge is 0.306 e. The number of allylic oxidation sites excluding steroid dienone is 18. The van der Waals surface area contributed by atoms with Gasteiger partial charge in [0.25, 0.3) is 0 Å². The van der Waals surface area contributed by atoms with Crippen LogP contribution in [0, 0.1) is 0 Å². The number of esters is 3. The van der Waals surface area contributed by atoms with E-state index in [9.17, 15) is 14.4 Å². The first kappa shape index (κ1) is 76.1. The summed E-state index contributed by atoms with van der Waals surface area (Å²) in [4.78, 5) is 38.3. The van der Waals surface area contributed by atoms with E-state index in [1.807, 2.05) is 0 Å². The van der Waals surface area contributed by atoms with Gasteiger partial charge in [-0.2, -0.15) is 0 Å². The molecule has 0 fully saturated rings. The van der Waals surface area contributed by atoms with E-state index >= 15 is 0 Å². The highest BCUT2D eigenvalue weighted by Gasteiger charge is 2.19. The minimum absolute atomic E-state index is 0.0849. The fourth-order valence-electron chi connectivity index (χ4n) is 9.44. The van der Waals surface area contributed by atoms with Gasteiger partial charge < -0.3 is 14.2 Å². The van der Waals surface area contributed by atoms with Crippen LogP contribution in [0.3, 0.4) is 0 Å². The summed E-state index contributed by atoms with van der Waals surface area (Å²) in [5.74, 6) is -0.897. The minimum atomic E-state index is -0.788. The number of ether oxygens (including phenoxy) is 3. The van der Waals surface area contributed by atoms with Crippen LogP contribution in [0.5, 0.6) is 0 Å². The summed E-state index contributed by atoms with van der Waals surface area (Å²) < 4.78 is 16.9. The second-order valence-corrected chi connectivity index (χ2v) is 22.4. The molecule has 0 aliphatic heterocycles. The van der Waals surface area contributed by atoms with Gasteiger partial charge in [0.05, 0.1) is 0 Å². The quantitative estimate of drug-likeness (QED) is 0.0261. The lowest BCUT2D eigenvalue weighted by Crippen LogP contribution is -2.30. The van der Waals surface area contributed by atoms with Crippen molar-refractivity contribution >= 4 is 17.9 Å². The zero-order valence-electron chi connectivity index (χ0n) is 52.6. The Labute approximate surface area is 495 Å². The lowest BCUT2D eigenvalue weighted by Gasteiger charge is -2.18. The topological polar surface area (TPSA) is 78.9 Å². The Bertz CT molecular complexity index is 1610. The Kier molecular flexibility index (Phi) is 64.3. The Morgan fingerprint density at radius 2 is 0.500 bits per heavy atom. The number of hydrogen-bond acceptors (Lipinski definition) is 6. The van der Waals surface area contributed by atoms with E-state index in [0.717, 1.165) is 128 Å². The molecule has 80 heavy (non-hydrogen) atoms. The molecule has 0 amide bonds. The third kappa shape index (κ3) is 64.9. The summed E-state index contributed by atoms with van der Waals surface area (Å²) in [6.07, 6.45) is 92.5. The van der Waals surface area contributed by atoms with Crippen LogP contribution in [0.1, 0.15) is 323 Å². The van der Waals surface area contributed by atoms with Crippen LogP contribution in [-0.2, 0) is 28.6 Å². The van der Waals surface area contributed by atoms with Crippen LogP contribution in [0.15, 0.2) is 109 Å². The van der Waals surface area contributed by atoms with Gasteiger partial charge in [-0.25, -0.2) is 0 Å². The van der Waals surface area contributed by atoms with Gasteiger partial charge >= 0.3 is 17.9 Å². The van der Waals surface area contributed by atoms with Crippen molar-refractivity contribution in [1.82, 2.24) is 0 Å². The molecular weight excluding hydrogens is 985 g/mol. The van der Waals surface area contributed by atoms with Crippen LogP contribution in [0.25, 0.3) is 0 Å². The lowest BCUT2D eigenvalue weighted by molar-refractivity contribution is -0.167. The van der Waals surface area contributed by atoms with Crippen LogP contribution in [0.4, 0.5) is 0 Å². The van der Waals surface area contributed by atoms with Crippen molar-refractivity contribution in [3.05, 3.63) is 109 Å². The summed E-state index contributed by atoms with van der Waals surface area (Å²) in [6, 6.07) is 0. The summed E-state index contributed by atoms with van der Waals surface area (Å²) in [5.41, 5.74) is 0. The maximum Gasteiger partial charge on any atom is 0.306 e. The summed E-state index contributed by atoms with van der Waals surface area (Å²) >= 11 is 0. The van der Waals surface area contributed by atoms with E-state index in [0.29, 0.717) is 19.3 Å². The molecule has 1 unspecified atom stereocenters. The monoisotopic (exact) mass is 1110 g/mol. The van der Waals surface area contributed by atoms with Crippen molar-refractivity contribution in [3.63, 3.8) is 0 Å². The minimum Gasteiger partial charge on any atom is -0.462 e. The number of rotatable bonds is 61. The summed E-state index contributed by atoms with van der Waals surface area (Å²) in [5, 5.41) is 0. The van der Waals surface area contributed by atoms with E-state index in [1.165, 1.54) is 154 Å². The maximum absolute atomic E-state index is 12.9. The predicted octanol–water partition coefficient (Wildman–Crippen LogP) is 23.4. The normalized spacial score (nSPS) is 12.8. The maximum atomic E-state index is 12.9. The molecule has 458 valence electrons. The van der Waals surface area contributed by atoms with Crippen molar-refractivity contribution in [3.8, 4) is 0 Å². The van der Waals surface area contributed by atoms with Gasteiger partial charge in [0.15, 0.2) is 6.10 Å². The van der Waals surface area contributed by atoms with Crippen LogP contribution in [0.2, 0.25) is 0 Å². The number of hydrogen-bond donors (Lipinski definition) is 0. The zero-order chi connectivity index (χ0) is 57.8. The van der Waals surface area contributed by atoms with Crippen LogP contribution in [-0.4, -0.2) is 37.2 Å². The molecule has 1 atom stereocenters. The Morgan fingerprint density at radius 1 is 0.263 bits per heavy atom. The molecule has 0 rings (SSSR count). The fourth-order valence-corrected chi connectivity index (χ4v) is 9.44. The second-order valence-electron chi connectivity index (χ2n) is 22.4. The van der Waals surface area contributed by atoms with E-state index in [2.05, 4.69) is 130 Å². The summed E-state index contributed by atoms with van der Waals surface area (Å²) in [6.45, 7) is 6.50. The highest BCUT2D eigenvalue weighted by Crippen LogP contribution is 2.17. The number of carbonyl (C=O) groups is 3. The first-order valence-electron chi connectivity index (χ1n) is 33.9. The molecule has 0 spiro atoms. The van der Waals surface area contributed by atoms with Gasteiger partial charge in [-0.05, 0) is 103 Å². The van der Waals surface area contributed by atoms with Crippen molar-refractivity contribution in [2.24, 2.45) is 0 Å². The molecule has 6 heteroatoms. The third-order valence-corrected chi connectivity index (χ3v) is 14.5. The highest BCUT2D eigenvalue weighted by atomic mass is 16.6. The van der Waals surface area contributed by atoms with Crippen molar-refractivity contribution in [1.29, 1.82) is 0 Å². The lowest BCUT2D eigenvalue weighted by atomic mass is 10.0. The Hall–Kier alpha value is -3.93. The van der Waals surface area contributed by atoms with Crippen molar-refractivity contribution < 1.29 is 28.6 Å². The average molecular weight is 1110 g/mol. The largest absolute Gasteiger partial charge is 0.462 e. The van der Waals surface area contributed by atoms with E-state index in [-0.39, 0.29) is 31.1 Å². The van der Waals surface area contributed by atoms with Gasteiger partial charge in [0.1, 0.15) is 13.2 Å². The molecule has 0 aromatic carbocycles. The molecule has 0 radical (unpaired) electrons. The van der Waals surface area contributed by atoms with E-state index in [4.69, 9.17) is 14.2 Å². The molecule has 0 saturated carbocycles. The predicted molar refractivity (Wildman–Crippen MR) is 348 cm³/mol. The molecule has 0 heterocycles. The third-order valence-electron chi connectivity index (χ3n) is 14.5. The molecule has 0 aromatic heterocycles. The van der Waals surface area contributed by atoms with Gasteiger partial charge in [-0.15, -0.1) is 0 Å². The molecule has 0 N–H and O–H groups in total. The Morgan fingerprint density at radius 3 is 0.812 bits per heavy atom. The number of unbranched alkanes of at least 4 members (excludes halogenated alkanes) is 32. The van der Waals surface area contributed by atoms with Crippen molar-refractivity contribution in [2.75, 3.05) is 13.2 Å². The molecule has 0 aliphatic rings. The fraction of sp³-hybridized carbons (Fsp3) is 0.716. The molecule has 0 aromatic rings. The van der Waals surface area contributed by atoms with E-state index < -0.39 is 6.10 Å². The van der Waals surface area contributed by atoms with Gasteiger partial charge in [0, 0.05) is 19.3 Å². The number of carbonyl (C=O) groups excluding carboxylic acids is 3. The Balaban J connectivity index is 4.28. The van der Waals surface area contributed by atoms with Gasteiger partial charge in [-0.1, -0.05) is 310 Å². The molecule has 0 saturated heterocycles. The average Bonchev–Trinajstić information content (AvgIpc) is 3.46.